The highest BCUT2D eigenvalue weighted by molar-refractivity contribution is 5.70. The zero-order valence-corrected chi connectivity index (χ0v) is 16.1. The van der Waals surface area contributed by atoms with Crippen LogP contribution in [0.25, 0.3) is 0 Å². The molecule has 1 amide bonds. The molecule has 27 heavy (non-hydrogen) atoms. The maximum Gasteiger partial charge on any atom is 0.411 e. The molecule has 0 aromatic carbocycles. The maximum atomic E-state index is 12.8. The smallest absolute Gasteiger partial charge is 0.411 e. The Kier molecular flexibility index (Phi) is 5.83. The van der Waals surface area contributed by atoms with Crippen LogP contribution in [0.15, 0.2) is 15.8 Å². The van der Waals surface area contributed by atoms with Crippen LogP contribution in [0.2, 0.25) is 0 Å². The van der Waals surface area contributed by atoms with E-state index in [0.29, 0.717) is 0 Å². The molecule has 152 valence electrons. The lowest BCUT2D eigenvalue weighted by Crippen LogP contribution is -2.45. The van der Waals surface area contributed by atoms with Crippen molar-refractivity contribution in [2.45, 2.75) is 70.6 Å². The van der Waals surface area contributed by atoms with E-state index in [0.717, 1.165) is 0 Å². The van der Waals surface area contributed by atoms with Gasteiger partial charge in [0.05, 0.1) is 30.4 Å². The Balaban J connectivity index is 2.53. The average Bonchev–Trinajstić information content (AvgIpc) is 2.82. The Morgan fingerprint density at radius 2 is 1.93 bits per heavy atom. The molecule has 2 unspecified atom stereocenters. The minimum atomic E-state index is -1.54. The van der Waals surface area contributed by atoms with Crippen molar-refractivity contribution in [3.8, 4) is 0 Å². The van der Waals surface area contributed by atoms with Gasteiger partial charge in [-0.3, -0.25) is 14.7 Å². The van der Waals surface area contributed by atoms with Crippen molar-refractivity contribution >= 4 is 6.09 Å². The summed E-state index contributed by atoms with van der Waals surface area (Å²) >= 11 is 0. The highest BCUT2D eigenvalue weighted by Gasteiger charge is 2.49. The van der Waals surface area contributed by atoms with Gasteiger partial charge in [0.1, 0.15) is 5.60 Å². The molecule has 1 aliphatic rings. The molecule has 0 radical (unpaired) electrons. The molecule has 10 heteroatoms. The van der Waals surface area contributed by atoms with Crippen molar-refractivity contribution in [3.05, 3.63) is 32.6 Å². The molecular weight excluding hydrogens is 358 g/mol. The van der Waals surface area contributed by atoms with Gasteiger partial charge >= 0.3 is 11.8 Å². The molecule has 1 aromatic rings. The average molecular weight is 385 g/mol. The number of hydrogen-bond donors (Lipinski definition) is 4. The van der Waals surface area contributed by atoms with Crippen LogP contribution in [0.3, 0.4) is 0 Å². The number of nitrogens with one attached hydrogen (secondary N) is 2. The fourth-order valence-electron chi connectivity index (χ4n) is 3.13. The second-order valence-electron chi connectivity index (χ2n) is 8.03. The van der Waals surface area contributed by atoms with Crippen LogP contribution in [-0.2, 0) is 9.47 Å². The van der Waals surface area contributed by atoms with Crippen LogP contribution in [0.5, 0.6) is 0 Å². The maximum absolute atomic E-state index is 12.8. The summed E-state index contributed by atoms with van der Waals surface area (Å²) in [5, 5.41) is 19.8. The summed E-state index contributed by atoms with van der Waals surface area (Å²) in [4.78, 5) is 42.2. The number of aliphatic hydroxyl groups is 2. The lowest BCUT2D eigenvalue weighted by atomic mass is 10.0. The third kappa shape index (κ3) is 5.18. The number of carbonyl (C=O) groups excluding carboxylic acids is 1. The second-order valence-corrected chi connectivity index (χ2v) is 8.03. The number of aliphatic hydroxyl groups excluding tert-OH is 1. The summed E-state index contributed by atoms with van der Waals surface area (Å²) in [5.41, 5.74) is -2.12. The summed E-state index contributed by atoms with van der Waals surface area (Å²) in [6.45, 7) is 7.55. The fourth-order valence-corrected chi connectivity index (χ4v) is 3.13. The zero-order chi connectivity index (χ0) is 20.6. The molecule has 0 bridgehead atoms. The van der Waals surface area contributed by atoms with Gasteiger partial charge in [-0.05, 0) is 41.0 Å². The number of likely N-dealkylation sites (tertiary alicyclic amines) is 1. The number of amides is 1. The summed E-state index contributed by atoms with van der Waals surface area (Å²) in [6, 6.07) is -1.66. The minimum Gasteiger partial charge on any atom is -0.444 e. The predicted molar refractivity (Wildman–Crippen MR) is 95.2 cm³/mol. The Bertz CT molecular complexity index is 787. The van der Waals surface area contributed by atoms with Crippen LogP contribution in [0, 0.1) is 0 Å². The monoisotopic (exact) mass is 385 g/mol. The standard InChI is InChI=1S/C17H27N3O7/c1-16(2,3)27-15(24)20-9(8-21)6-11(26-17(4,5)25)12(20)10-7-18-14(23)19-13(10)22/h7,9,11-12,21,25H,6,8H2,1-5H3,(H2,18,19,22,23)/t9?,11-,12?/m1/s1. The number of rotatable bonds is 4. The van der Waals surface area contributed by atoms with E-state index in [-0.39, 0.29) is 18.6 Å². The molecule has 0 saturated carbocycles. The number of hydrogen-bond acceptors (Lipinski definition) is 7. The van der Waals surface area contributed by atoms with Gasteiger partial charge in [0.25, 0.3) is 5.56 Å². The summed E-state index contributed by atoms with van der Waals surface area (Å²) in [7, 11) is 0. The minimum absolute atomic E-state index is 0.0608. The predicted octanol–water partition coefficient (Wildman–Crippen LogP) is 0.220. The van der Waals surface area contributed by atoms with Crippen LogP contribution in [-0.4, -0.2) is 61.3 Å². The first-order valence-corrected chi connectivity index (χ1v) is 8.66. The Hall–Kier alpha value is -2.17. The van der Waals surface area contributed by atoms with Gasteiger partial charge in [-0.15, -0.1) is 0 Å². The van der Waals surface area contributed by atoms with E-state index in [2.05, 4.69) is 9.97 Å². The zero-order valence-electron chi connectivity index (χ0n) is 16.1. The third-order valence-electron chi connectivity index (χ3n) is 3.97. The number of H-pyrrole nitrogens is 2. The van der Waals surface area contributed by atoms with Crippen LogP contribution < -0.4 is 11.2 Å². The molecule has 1 saturated heterocycles. The van der Waals surface area contributed by atoms with Gasteiger partial charge in [-0.2, -0.15) is 0 Å². The SMILES string of the molecule is CC(C)(C)OC(=O)N1C(CO)C[C@@H](OC(C)(C)O)C1c1c[nH]c(=O)[nH]c1=O. The number of aromatic amines is 2. The summed E-state index contributed by atoms with van der Waals surface area (Å²) < 4.78 is 11.1. The van der Waals surface area contributed by atoms with Crippen molar-refractivity contribution in [2.24, 2.45) is 0 Å². The second kappa shape index (κ2) is 7.45. The van der Waals surface area contributed by atoms with Gasteiger partial charge in [-0.1, -0.05) is 0 Å². The first-order chi connectivity index (χ1) is 12.3. The van der Waals surface area contributed by atoms with Gasteiger partial charge in [0, 0.05) is 6.20 Å². The Morgan fingerprint density at radius 3 is 2.41 bits per heavy atom. The normalized spacial score (nSPS) is 23.5. The van der Waals surface area contributed by atoms with E-state index in [1.54, 1.807) is 20.8 Å². The highest BCUT2D eigenvalue weighted by atomic mass is 16.6. The van der Waals surface area contributed by atoms with Gasteiger partial charge in [0.15, 0.2) is 5.79 Å². The lowest BCUT2D eigenvalue weighted by molar-refractivity contribution is -0.210. The van der Waals surface area contributed by atoms with Crippen molar-refractivity contribution in [1.29, 1.82) is 0 Å². The first-order valence-electron chi connectivity index (χ1n) is 8.66. The van der Waals surface area contributed by atoms with Gasteiger partial charge in [0.2, 0.25) is 0 Å². The topological polar surface area (TPSA) is 145 Å². The molecule has 0 spiro atoms. The lowest BCUT2D eigenvalue weighted by Gasteiger charge is -2.33. The van der Waals surface area contributed by atoms with E-state index < -0.39 is 46.9 Å². The molecular formula is C17H27N3O7. The largest absolute Gasteiger partial charge is 0.444 e. The third-order valence-corrected chi connectivity index (χ3v) is 3.97. The molecule has 3 atom stereocenters. The van der Waals surface area contributed by atoms with Crippen molar-refractivity contribution in [3.63, 3.8) is 0 Å². The molecule has 1 fully saturated rings. The summed E-state index contributed by atoms with van der Waals surface area (Å²) in [6.07, 6.45) is -0.173. The molecule has 2 rings (SSSR count). The van der Waals surface area contributed by atoms with Crippen molar-refractivity contribution in [2.75, 3.05) is 6.61 Å². The molecule has 0 aliphatic carbocycles. The van der Waals surface area contributed by atoms with Gasteiger partial charge < -0.3 is 24.7 Å². The number of nitrogens with zero attached hydrogens (tertiary/aromatic N) is 1. The van der Waals surface area contributed by atoms with E-state index in [9.17, 15) is 24.6 Å². The molecule has 1 aliphatic heterocycles. The Labute approximate surface area is 156 Å². The van der Waals surface area contributed by atoms with E-state index >= 15 is 0 Å². The van der Waals surface area contributed by atoms with Crippen LogP contribution in [0.4, 0.5) is 4.79 Å². The molecule has 2 heterocycles. The molecule has 4 N–H and O–H groups in total. The van der Waals surface area contributed by atoms with Crippen molar-refractivity contribution in [1.82, 2.24) is 14.9 Å². The van der Waals surface area contributed by atoms with E-state index in [1.165, 1.54) is 24.9 Å². The number of carbonyl (C=O) groups is 1. The fraction of sp³-hybridized carbons (Fsp3) is 0.706. The first kappa shape index (κ1) is 21.1. The highest BCUT2D eigenvalue weighted by Crippen LogP contribution is 2.39. The molecule has 10 nitrogen and oxygen atoms in total. The van der Waals surface area contributed by atoms with Gasteiger partial charge in [-0.25, -0.2) is 9.59 Å². The quantitative estimate of drug-likeness (QED) is 0.543. The number of aromatic nitrogens is 2. The summed E-state index contributed by atoms with van der Waals surface area (Å²) in [5.74, 6) is -1.54. The van der Waals surface area contributed by atoms with Crippen molar-refractivity contribution < 1.29 is 24.5 Å². The van der Waals surface area contributed by atoms with Crippen LogP contribution in [0.1, 0.15) is 52.6 Å². The van der Waals surface area contributed by atoms with Crippen LogP contribution >= 0.6 is 0 Å². The molecule has 1 aromatic heterocycles. The van der Waals surface area contributed by atoms with E-state index in [4.69, 9.17) is 9.47 Å². The van der Waals surface area contributed by atoms with E-state index in [1.807, 2.05) is 0 Å². The number of ether oxygens (including phenoxy) is 2. The Morgan fingerprint density at radius 1 is 1.30 bits per heavy atom.